The molecule has 1 aliphatic heterocycles. The van der Waals surface area contributed by atoms with Crippen LogP contribution < -0.4 is 5.32 Å². The van der Waals surface area contributed by atoms with Crippen LogP contribution in [0.15, 0.2) is 0 Å². The average molecular weight is 113 g/mol. The van der Waals surface area contributed by atoms with Crippen LogP contribution in [-0.4, -0.2) is 26.3 Å². The van der Waals surface area contributed by atoms with E-state index in [1.807, 2.05) is 0 Å². The van der Waals surface area contributed by atoms with Gasteiger partial charge >= 0.3 is 0 Å². The van der Waals surface area contributed by atoms with Gasteiger partial charge in [-0.25, -0.2) is 0 Å². The smallest absolute Gasteiger partial charge is 0.0660 e. The highest BCUT2D eigenvalue weighted by Gasteiger charge is 2.58. The van der Waals surface area contributed by atoms with E-state index in [0.29, 0.717) is 11.5 Å². The molecule has 1 spiro atoms. The average Bonchev–Trinajstić information content (AvgIpc) is 2.36. The SMILES string of the molecule is COC1CC12CNC2. The number of rotatable bonds is 1. The van der Waals surface area contributed by atoms with Crippen LogP contribution in [0.4, 0.5) is 0 Å². The summed E-state index contributed by atoms with van der Waals surface area (Å²) in [6.45, 7) is 2.37. The molecule has 1 heterocycles. The van der Waals surface area contributed by atoms with Crippen molar-refractivity contribution in [3.8, 4) is 0 Å². The third kappa shape index (κ3) is 0.400. The Kier molecular flexibility index (Phi) is 0.746. The maximum Gasteiger partial charge on any atom is 0.0660 e. The first-order valence-corrected chi connectivity index (χ1v) is 3.11. The molecule has 1 N–H and O–H groups in total. The molecule has 1 aliphatic carbocycles. The summed E-state index contributed by atoms with van der Waals surface area (Å²) in [5.74, 6) is 0. The van der Waals surface area contributed by atoms with Gasteiger partial charge in [0.05, 0.1) is 6.10 Å². The van der Waals surface area contributed by atoms with Crippen molar-refractivity contribution < 1.29 is 4.74 Å². The summed E-state index contributed by atoms with van der Waals surface area (Å²) in [7, 11) is 1.80. The topological polar surface area (TPSA) is 21.3 Å². The zero-order valence-electron chi connectivity index (χ0n) is 5.11. The lowest BCUT2D eigenvalue weighted by Crippen LogP contribution is -2.46. The number of hydrogen-bond donors (Lipinski definition) is 1. The van der Waals surface area contributed by atoms with Crippen LogP contribution in [0, 0.1) is 5.41 Å². The maximum absolute atomic E-state index is 5.18. The molecule has 2 aliphatic rings. The molecule has 1 atom stereocenters. The van der Waals surface area contributed by atoms with Gasteiger partial charge in [-0.15, -0.1) is 0 Å². The lowest BCUT2D eigenvalue weighted by molar-refractivity contribution is 0.120. The molecule has 1 unspecified atom stereocenters. The summed E-state index contributed by atoms with van der Waals surface area (Å²) in [5.41, 5.74) is 0.606. The van der Waals surface area contributed by atoms with Crippen LogP contribution in [0.25, 0.3) is 0 Å². The van der Waals surface area contributed by atoms with Gasteiger partial charge in [-0.1, -0.05) is 0 Å². The van der Waals surface area contributed by atoms with E-state index in [0.717, 1.165) is 0 Å². The minimum atomic E-state index is 0.587. The highest BCUT2D eigenvalue weighted by molar-refractivity contribution is 5.12. The van der Waals surface area contributed by atoms with E-state index in [1.54, 1.807) is 7.11 Å². The fraction of sp³-hybridized carbons (Fsp3) is 1.00. The summed E-state index contributed by atoms with van der Waals surface area (Å²) in [4.78, 5) is 0. The van der Waals surface area contributed by atoms with Gasteiger partial charge in [-0.2, -0.15) is 0 Å². The van der Waals surface area contributed by atoms with Gasteiger partial charge in [0, 0.05) is 25.6 Å². The standard InChI is InChI=1S/C6H11NO/c1-8-5-2-6(5)3-7-4-6/h5,7H,2-4H2,1H3. The van der Waals surface area contributed by atoms with Crippen LogP contribution in [0.3, 0.4) is 0 Å². The lowest BCUT2D eigenvalue weighted by Gasteiger charge is -2.27. The molecule has 1 saturated carbocycles. The Hall–Kier alpha value is -0.0800. The van der Waals surface area contributed by atoms with E-state index < -0.39 is 0 Å². The third-order valence-corrected chi connectivity index (χ3v) is 2.35. The fourth-order valence-corrected chi connectivity index (χ4v) is 1.46. The molecule has 0 aromatic carbocycles. The molecule has 8 heavy (non-hydrogen) atoms. The quantitative estimate of drug-likeness (QED) is 0.516. The highest BCUT2D eigenvalue weighted by atomic mass is 16.5. The lowest BCUT2D eigenvalue weighted by atomic mass is 10.0. The predicted octanol–water partition coefficient (Wildman–Crippen LogP) is -0.00530. The molecule has 0 bridgehead atoms. The Labute approximate surface area is 49.2 Å². The third-order valence-electron chi connectivity index (χ3n) is 2.35. The van der Waals surface area contributed by atoms with E-state index in [9.17, 15) is 0 Å². The number of methoxy groups -OCH3 is 1. The first-order valence-electron chi connectivity index (χ1n) is 3.11. The van der Waals surface area contributed by atoms with E-state index in [2.05, 4.69) is 5.32 Å². The molecule has 2 nitrogen and oxygen atoms in total. The minimum absolute atomic E-state index is 0.587. The largest absolute Gasteiger partial charge is 0.381 e. The monoisotopic (exact) mass is 113 g/mol. The van der Waals surface area contributed by atoms with Gasteiger partial charge in [0.1, 0.15) is 0 Å². The molecule has 0 amide bonds. The van der Waals surface area contributed by atoms with Gasteiger partial charge in [0.2, 0.25) is 0 Å². The van der Waals surface area contributed by atoms with Crippen molar-refractivity contribution in [2.75, 3.05) is 20.2 Å². The summed E-state index contributed by atoms with van der Waals surface area (Å²) >= 11 is 0. The number of hydrogen-bond acceptors (Lipinski definition) is 2. The second kappa shape index (κ2) is 1.25. The van der Waals surface area contributed by atoms with Crippen molar-refractivity contribution in [1.82, 2.24) is 5.32 Å². The first kappa shape index (κ1) is 4.77. The van der Waals surface area contributed by atoms with E-state index >= 15 is 0 Å². The second-order valence-electron chi connectivity index (χ2n) is 2.89. The number of ether oxygens (including phenoxy) is 1. The Balaban J connectivity index is 1.93. The van der Waals surface area contributed by atoms with E-state index in [1.165, 1.54) is 19.5 Å². The Morgan fingerprint density at radius 1 is 1.62 bits per heavy atom. The van der Waals surface area contributed by atoms with Crippen LogP contribution in [0.1, 0.15) is 6.42 Å². The molecule has 46 valence electrons. The van der Waals surface area contributed by atoms with Gasteiger partial charge in [0.25, 0.3) is 0 Å². The molecule has 0 radical (unpaired) electrons. The van der Waals surface area contributed by atoms with Crippen molar-refractivity contribution in [3.63, 3.8) is 0 Å². The Morgan fingerprint density at radius 3 is 2.50 bits per heavy atom. The Bertz CT molecular complexity index is 109. The van der Waals surface area contributed by atoms with Crippen molar-refractivity contribution in [1.29, 1.82) is 0 Å². The fourth-order valence-electron chi connectivity index (χ4n) is 1.46. The summed E-state index contributed by atoms with van der Waals surface area (Å²) in [5, 5.41) is 3.25. The van der Waals surface area contributed by atoms with Crippen molar-refractivity contribution in [2.45, 2.75) is 12.5 Å². The molecule has 2 fully saturated rings. The molecular weight excluding hydrogens is 102 g/mol. The molecule has 2 heteroatoms. The van der Waals surface area contributed by atoms with Crippen LogP contribution in [0.2, 0.25) is 0 Å². The highest BCUT2D eigenvalue weighted by Crippen LogP contribution is 2.50. The summed E-state index contributed by atoms with van der Waals surface area (Å²) in [6, 6.07) is 0. The molecule has 0 aromatic rings. The first-order chi connectivity index (χ1) is 3.87. The zero-order chi connectivity index (χ0) is 5.61. The van der Waals surface area contributed by atoms with E-state index in [-0.39, 0.29) is 0 Å². The van der Waals surface area contributed by atoms with Gasteiger partial charge in [0.15, 0.2) is 0 Å². The Morgan fingerprint density at radius 2 is 2.38 bits per heavy atom. The van der Waals surface area contributed by atoms with Crippen molar-refractivity contribution in [3.05, 3.63) is 0 Å². The van der Waals surface area contributed by atoms with Crippen molar-refractivity contribution >= 4 is 0 Å². The summed E-state index contributed by atoms with van der Waals surface area (Å²) in [6.07, 6.45) is 1.88. The molecule has 2 rings (SSSR count). The zero-order valence-corrected chi connectivity index (χ0v) is 5.11. The second-order valence-corrected chi connectivity index (χ2v) is 2.89. The molecule has 0 aromatic heterocycles. The van der Waals surface area contributed by atoms with Crippen LogP contribution in [0.5, 0.6) is 0 Å². The minimum Gasteiger partial charge on any atom is -0.381 e. The van der Waals surface area contributed by atoms with Crippen LogP contribution >= 0.6 is 0 Å². The normalized spacial score (nSPS) is 39.4. The summed E-state index contributed by atoms with van der Waals surface area (Å²) < 4.78 is 5.18. The predicted molar refractivity (Wildman–Crippen MR) is 30.7 cm³/mol. The van der Waals surface area contributed by atoms with Crippen molar-refractivity contribution in [2.24, 2.45) is 5.41 Å². The maximum atomic E-state index is 5.18. The van der Waals surface area contributed by atoms with Gasteiger partial charge in [-0.05, 0) is 6.42 Å². The van der Waals surface area contributed by atoms with Crippen LogP contribution in [-0.2, 0) is 4.74 Å². The molecular formula is C6H11NO. The molecule has 1 saturated heterocycles. The number of nitrogens with one attached hydrogen (secondary N) is 1. The van der Waals surface area contributed by atoms with E-state index in [4.69, 9.17) is 4.74 Å². The van der Waals surface area contributed by atoms with Gasteiger partial charge < -0.3 is 10.1 Å². The van der Waals surface area contributed by atoms with Gasteiger partial charge in [-0.3, -0.25) is 0 Å².